The molecule has 3 rings (SSSR count). The lowest BCUT2D eigenvalue weighted by atomic mass is 10.1. The number of aliphatic imine (C=N–C) groups is 1. The molecule has 2 fully saturated rings. The van der Waals surface area contributed by atoms with Gasteiger partial charge in [0, 0.05) is 39.8 Å². The Kier molecular flexibility index (Phi) is 8.38. The molecule has 168 valence electrons. The maximum absolute atomic E-state index is 12.9. The molecule has 1 aromatic rings. The minimum atomic E-state index is 0.0634. The van der Waals surface area contributed by atoms with Crippen LogP contribution in [0.2, 0.25) is 0 Å². The number of thioether (sulfide) groups is 1. The van der Waals surface area contributed by atoms with Crippen molar-refractivity contribution >= 4 is 23.6 Å². The fourth-order valence-electron chi connectivity index (χ4n) is 3.99. The number of likely N-dealkylation sites (tertiary alicyclic amines) is 1. The molecule has 0 bridgehead atoms. The van der Waals surface area contributed by atoms with E-state index >= 15 is 0 Å². The van der Waals surface area contributed by atoms with Crippen LogP contribution in [0.4, 0.5) is 0 Å². The third-order valence-electron chi connectivity index (χ3n) is 6.06. The topological polar surface area (TPSA) is 81.9 Å². The molecule has 0 aromatic carbocycles. The van der Waals surface area contributed by atoms with Crippen LogP contribution in [0.15, 0.2) is 4.99 Å². The molecule has 9 nitrogen and oxygen atoms in total. The monoisotopic (exact) mass is 436 g/mol. The fourth-order valence-corrected chi connectivity index (χ4v) is 4.42. The van der Waals surface area contributed by atoms with Gasteiger partial charge in [0.25, 0.3) is 0 Å². The second-order valence-corrected chi connectivity index (χ2v) is 9.07. The molecule has 2 aliphatic rings. The van der Waals surface area contributed by atoms with Crippen molar-refractivity contribution in [2.45, 2.75) is 38.8 Å². The SMILES string of the molecule is CSCCCNC(=NCc1nnc(C)n1C)N1CCN(C(=O)C2CCCN2C)CC1. The lowest BCUT2D eigenvalue weighted by molar-refractivity contribution is -0.136. The van der Waals surface area contributed by atoms with E-state index < -0.39 is 0 Å². The Morgan fingerprint density at radius 1 is 1.17 bits per heavy atom. The number of likely N-dealkylation sites (N-methyl/N-ethyl adjacent to an activating group) is 1. The predicted octanol–water partition coefficient (Wildman–Crippen LogP) is 0.561. The molecule has 2 aliphatic heterocycles. The fraction of sp³-hybridized carbons (Fsp3) is 0.800. The summed E-state index contributed by atoms with van der Waals surface area (Å²) in [6.07, 6.45) is 5.32. The number of carbonyl (C=O) groups excluding carboxylic acids is 1. The van der Waals surface area contributed by atoms with Crippen molar-refractivity contribution in [2.75, 3.05) is 58.3 Å². The van der Waals surface area contributed by atoms with Crippen molar-refractivity contribution in [3.63, 3.8) is 0 Å². The molecule has 1 aromatic heterocycles. The number of aryl methyl sites for hydroxylation is 1. The highest BCUT2D eigenvalue weighted by molar-refractivity contribution is 7.98. The van der Waals surface area contributed by atoms with E-state index in [0.717, 1.165) is 81.9 Å². The molecule has 0 radical (unpaired) electrons. The first kappa shape index (κ1) is 22.9. The zero-order valence-corrected chi connectivity index (χ0v) is 19.6. The summed E-state index contributed by atoms with van der Waals surface area (Å²) in [6.45, 7) is 7.45. The minimum Gasteiger partial charge on any atom is -0.356 e. The molecule has 30 heavy (non-hydrogen) atoms. The van der Waals surface area contributed by atoms with Gasteiger partial charge in [-0.1, -0.05) is 0 Å². The van der Waals surface area contributed by atoms with Gasteiger partial charge in [0.15, 0.2) is 11.8 Å². The molecule has 0 aliphatic carbocycles. The maximum atomic E-state index is 12.9. The standard InChI is InChI=1S/C20H36N8OS/c1-16-23-24-18(26(16)3)15-22-20(21-8-6-14-30-4)28-12-10-27(11-13-28)19(29)17-7-5-9-25(17)2/h17H,5-15H2,1-4H3,(H,21,22). The van der Waals surface area contributed by atoms with E-state index in [2.05, 4.69) is 38.6 Å². The number of hydrogen-bond acceptors (Lipinski definition) is 6. The molecule has 3 heterocycles. The number of guanidine groups is 1. The lowest BCUT2D eigenvalue weighted by Gasteiger charge is -2.38. The largest absolute Gasteiger partial charge is 0.356 e. The van der Waals surface area contributed by atoms with Crippen molar-refractivity contribution in [1.29, 1.82) is 0 Å². The molecule has 0 spiro atoms. The number of hydrogen-bond donors (Lipinski definition) is 1. The highest BCUT2D eigenvalue weighted by Crippen LogP contribution is 2.18. The first-order chi connectivity index (χ1) is 14.5. The number of aromatic nitrogens is 3. The molecule has 1 amide bonds. The summed E-state index contributed by atoms with van der Waals surface area (Å²) in [5.41, 5.74) is 0. The summed E-state index contributed by atoms with van der Waals surface area (Å²) in [5.74, 6) is 4.06. The molecular formula is C20H36N8OS. The van der Waals surface area contributed by atoms with Gasteiger partial charge in [-0.2, -0.15) is 11.8 Å². The second-order valence-electron chi connectivity index (χ2n) is 8.09. The van der Waals surface area contributed by atoms with E-state index in [1.54, 1.807) is 0 Å². The molecular weight excluding hydrogens is 400 g/mol. The number of nitrogens with one attached hydrogen (secondary N) is 1. The molecule has 2 saturated heterocycles. The van der Waals surface area contributed by atoms with Crippen molar-refractivity contribution in [2.24, 2.45) is 12.0 Å². The van der Waals surface area contributed by atoms with E-state index in [1.807, 2.05) is 35.2 Å². The summed E-state index contributed by atoms with van der Waals surface area (Å²) in [5, 5.41) is 11.9. The first-order valence-electron chi connectivity index (χ1n) is 10.9. The molecule has 1 atom stereocenters. The van der Waals surface area contributed by atoms with Crippen LogP contribution in [0.1, 0.15) is 30.9 Å². The average Bonchev–Trinajstić information content (AvgIpc) is 3.33. The van der Waals surface area contributed by atoms with Gasteiger partial charge in [-0.3, -0.25) is 9.69 Å². The summed E-state index contributed by atoms with van der Waals surface area (Å²) < 4.78 is 1.98. The van der Waals surface area contributed by atoms with Gasteiger partial charge in [0.05, 0.1) is 6.04 Å². The summed E-state index contributed by atoms with van der Waals surface area (Å²) in [4.78, 5) is 24.2. The van der Waals surface area contributed by atoms with E-state index in [-0.39, 0.29) is 11.9 Å². The van der Waals surface area contributed by atoms with Crippen molar-refractivity contribution < 1.29 is 4.79 Å². The third kappa shape index (κ3) is 5.66. The molecule has 1 N–H and O–H groups in total. The minimum absolute atomic E-state index is 0.0634. The Bertz CT molecular complexity index is 728. The molecule has 1 unspecified atom stereocenters. The van der Waals surface area contributed by atoms with Gasteiger partial charge in [0.1, 0.15) is 12.4 Å². The van der Waals surface area contributed by atoms with Crippen LogP contribution < -0.4 is 5.32 Å². The number of rotatable bonds is 7. The number of nitrogens with zero attached hydrogens (tertiary/aromatic N) is 7. The van der Waals surface area contributed by atoms with Gasteiger partial charge in [-0.05, 0) is 51.8 Å². The van der Waals surface area contributed by atoms with Crippen LogP contribution in [0.25, 0.3) is 0 Å². The predicted molar refractivity (Wildman–Crippen MR) is 122 cm³/mol. The maximum Gasteiger partial charge on any atom is 0.240 e. The summed E-state index contributed by atoms with van der Waals surface area (Å²) in [6, 6.07) is 0.0634. The first-order valence-corrected chi connectivity index (χ1v) is 12.3. The van der Waals surface area contributed by atoms with Gasteiger partial charge in [0.2, 0.25) is 5.91 Å². The summed E-state index contributed by atoms with van der Waals surface area (Å²) in [7, 11) is 4.03. The molecule has 10 heteroatoms. The number of amides is 1. The van der Waals surface area contributed by atoms with Crippen LogP contribution >= 0.6 is 11.8 Å². The van der Waals surface area contributed by atoms with Crippen LogP contribution in [0, 0.1) is 6.92 Å². The lowest BCUT2D eigenvalue weighted by Crippen LogP contribution is -2.56. The normalized spacial score (nSPS) is 20.8. The third-order valence-corrected chi connectivity index (χ3v) is 6.75. The van der Waals surface area contributed by atoms with Gasteiger partial charge in [-0.25, -0.2) is 4.99 Å². The van der Waals surface area contributed by atoms with E-state index in [1.165, 1.54) is 0 Å². The van der Waals surface area contributed by atoms with Crippen LogP contribution in [-0.2, 0) is 18.4 Å². The van der Waals surface area contributed by atoms with Crippen LogP contribution in [-0.4, -0.2) is 106 Å². The Morgan fingerprint density at radius 2 is 1.90 bits per heavy atom. The highest BCUT2D eigenvalue weighted by atomic mass is 32.2. The van der Waals surface area contributed by atoms with Gasteiger partial charge >= 0.3 is 0 Å². The van der Waals surface area contributed by atoms with Gasteiger partial charge in [-0.15, -0.1) is 10.2 Å². The van der Waals surface area contributed by atoms with Crippen molar-refractivity contribution in [1.82, 2.24) is 34.8 Å². The van der Waals surface area contributed by atoms with Crippen LogP contribution in [0.3, 0.4) is 0 Å². The second kappa shape index (κ2) is 11.0. The summed E-state index contributed by atoms with van der Waals surface area (Å²) >= 11 is 1.86. The van der Waals surface area contributed by atoms with E-state index in [4.69, 9.17) is 4.99 Å². The van der Waals surface area contributed by atoms with Crippen molar-refractivity contribution in [3.8, 4) is 0 Å². The number of piperazine rings is 1. The average molecular weight is 437 g/mol. The Balaban J connectivity index is 1.59. The number of carbonyl (C=O) groups is 1. The quantitative estimate of drug-likeness (QED) is 0.380. The van der Waals surface area contributed by atoms with Crippen molar-refractivity contribution in [3.05, 3.63) is 11.6 Å². The zero-order valence-electron chi connectivity index (χ0n) is 18.8. The van der Waals surface area contributed by atoms with E-state index in [0.29, 0.717) is 6.54 Å². The highest BCUT2D eigenvalue weighted by Gasteiger charge is 2.33. The Hall–Kier alpha value is -1.81. The van der Waals surface area contributed by atoms with Gasteiger partial charge < -0.3 is 19.7 Å². The molecule has 0 saturated carbocycles. The smallest absolute Gasteiger partial charge is 0.240 e. The Morgan fingerprint density at radius 3 is 2.50 bits per heavy atom. The Labute approximate surface area is 184 Å². The van der Waals surface area contributed by atoms with E-state index in [9.17, 15) is 4.79 Å². The zero-order chi connectivity index (χ0) is 21.5. The van der Waals surface area contributed by atoms with Crippen LogP contribution in [0.5, 0.6) is 0 Å².